The molecule has 0 bridgehead atoms. The van der Waals surface area contributed by atoms with Crippen molar-refractivity contribution in [2.75, 3.05) is 33.9 Å². The number of methoxy groups -OCH3 is 2. The van der Waals surface area contributed by atoms with Crippen molar-refractivity contribution < 1.29 is 17.9 Å². The Morgan fingerprint density at radius 1 is 1.15 bits per heavy atom. The van der Waals surface area contributed by atoms with Crippen molar-refractivity contribution in [3.63, 3.8) is 0 Å². The zero-order valence-electron chi connectivity index (χ0n) is 16.0. The van der Waals surface area contributed by atoms with E-state index >= 15 is 0 Å². The van der Waals surface area contributed by atoms with Crippen LogP contribution in [0.4, 0.5) is 0 Å². The molecule has 0 spiro atoms. The van der Waals surface area contributed by atoms with Gasteiger partial charge in [-0.15, -0.1) is 0 Å². The summed E-state index contributed by atoms with van der Waals surface area (Å²) in [6.07, 6.45) is 4.26. The van der Waals surface area contributed by atoms with E-state index in [1.54, 1.807) is 12.1 Å². The van der Waals surface area contributed by atoms with E-state index in [0.717, 1.165) is 31.6 Å². The van der Waals surface area contributed by atoms with Gasteiger partial charge in [-0.3, -0.25) is 4.90 Å². The molecule has 7 nitrogen and oxygen atoms in total. The summed E-state index contributed by atoms with van der Waals surface area (Å²) in [6.45, 7) is 2.25. The molecule has 3 rings (SSSR count). The minimum Gasteiger partial charge on any atom is -0.497 e. The molecule has 0 radical (unpaired) electrons. The third kappa shape index (κ3) is 4.28. The molecule has 0 unspecified atom stereocenters. The van der Waals surface area contributed by atoms with Crippen LogP contribution in [-0.4, -0.2) is 51.7 Å². The number of nitrogens with one attached hydrogen (secondary N) is 1. The number of nitrogens with zero attached hydrogens (tertiary/aromatic N) is 2. The molecule has 1 fully saturated rings. The lowest BCUT2D eigenvalue weighted by Gasteiger charge is -2.28. The number of hydrogen-bond acceptors (Lipinski definition) is 5. The second-order valence-corrected chi connectivity index (χ2v) is 8.41. The van der Waals surface area contributed by atoms with Gasteiger partial charge < -0.3 is 14.0 Å². The van der Waals surface area contributed by atoms with Crippen LogP contribution in [0.2, 0.25) is 0 Å². The Hall–Kier alpha value is -2.03. The summed E-state index contributed by atoms with van der Waals surface area (Å²) in [5, 5.41) is 0. The Morgan fingerprint density at radius 3 is 2.48 bits per heavy atom. The summed E-state index contributed by atoms with van der Waals surface area (Å²) in [6, 6.07) is 8.72. The van der Waals surface area contributed by atoms with Crippen LogP contribution in [0.5, 0.6) is 11.5 Å². The van der Waals surface area contributed by atoms with Gasteiger partial charge in [0.25, 0.3) is 0 Å². The Balaban J connectivity index is 1.83. The predicted molar refractivity (Wildman–Crippen MR) is 104 cm³/mol. The number of rotatable bonds is 8. The van der Waals surface area contributed by atoms with E-state index in [4.69, 9.17) is 9.47 Å². The average Bonchev–Trinajstić information content (AvgIpc) is 3.34. The van der Waals surface area contributed by atoms with Gasteiger partial charge in [0.15, 0.2) is 0 Å². The van der Waals surface area contributed by atoms with Gasteiger partial charge in [-0.05, 0) is 50.2 Å². The fourth-order valence-corrected chi connectivity index (χ4v) is 4.74. The highest BCUT2D eigenvalue weighted by Gasteiger charge is 2.28. The second-order valence-electron chi connectivity index (χ2n) is 6.67. The van der Waals surface area contributed by atoms with Crippen molar-refractivity contribution >= 4 is 10.0 Å². The largest absolute Gasteiger partial charge is 0.497 e. The number of benzene rings is 1. The molecule has 1 aliphatic heterocycles. The van der Waals surface area contributed by atoms with Crippen LogP contribution >= 0.6 is 0 Å². The summed E-state index contributed by atoms with van der Waals surface area (Å²) in [5.41, 5.74) is 1.10. The summed E-state index contributed by atoms with van der Waals surface area (Å²) in [5.74, 6) is 0.808. The summed E-state index contributed by atoms with van der Waals surface area (Å²) < 4.78 is 41.1. The predicted octanol–water partition coefficient (Wildman–Crippen LogP) is 2.16. The summed E-state index contributed by atoms with van der Waals surface area (Å²) in [4.78, 5) is 2.45. The SMILES string of the molecule is COc1ccc(S(=O)(=O)NC[C@@H](c2cccn2C)N2CCCC2)c(OC)c1. The molecule has 1 atom stereocenters. The first-order valence-corrected chi connectivity index (χ1v) is 10.5. The lowest BCUT2D eigenvalue weighted by molar-refractivity contribution is 0.238. The second kappa shape index (κ2) is 8.33. The molecule has 1 N–H and O–H groups in total. The molecule has 0 aliphatic carbocycles. The van der Waals surface area contributed by atoms with Gasteiger partial charge in [-0.1, -0.05) is 0 Å². The van der Waals surface area contributed by atoms with Crippen LogP contribution < -0.4 is 14.2 Å². The molecule has 1 aromatic heterocycles. The number of hydrogen-bond donors (Lipinski definition) is 1. The van der Waals surface area contributed by atoms with Crippen LogP contribution in [0.1, 0.15) is 24.6 Å². The van der Waals surface area contributed by atoms with E-state index < -0.39 is 10.0 Å². The van der Waals surface area contributed by atoms with Crippen LogP contribution in [0.3, 0.4) is 0 Å². The lowest BCUT2D eigenvalue weighted by Crippen LogP contribution is -2.37. The monoisotopic (exact) mass is 393 g/mol. The van der Waals surface area contributed by atoms with E-state index in [-0.39, 0.29) is 16.7 Å². The number of sulfonamides is 1. The number of aryl methyl sites for hydroxylation is 1. The van der Waals surface area contributed by atoms with Crippen molar-refractivity contribution in [3.05, 3.63) is 42.2 Å². The van der Waals surface area contributed by atoms with Gasteiger partial charge >= 0.3 is 0 Å². The molecule has 0 amide bonds. The Labute approximate surface area is 160 Å². The van der Waals surface area contributed by atoms with Crippen LogP contribution in [0.15, 0.2) is 41.4 Å². The Morgan fingerprint density at radius 2 is 1.89 bits per heavy atom. The summed E-state index contributed by atoms with van der Waals surface area (Å²) >= 11 is 0. The van der Waals surface area contributed by atoms with Crippen molar-refractivity contribution in [3.8, 4) is 11.5 Å². The van der Waals surface area contributed by atoms with Crippen molar-refractivity contribution in [2.24, 2.45) is 7.05 Å². The zero-order chi connectivity index (χ0) is 19.4. The molecule has 148 valence electrons. The molecular weight excluding hydrogens is 366 g/mol. The van der Waals surface area contributed by atoms with Crippen molar-refractivity contribution in [2.45, 2.75) is 23.8 Å². The molecule has 1 aromatic carbocycles. The number of ether oxygens (including phenoxy) is 2. The van der Waals surface area contributed by atoms with Gasteiger partial charge in [0.2, 0.25) is 10.0 Å². The molecule has 1 aliphatic rings. The maximum absolute atomic E-state index is 12.9. The Kier molecular flexibility index (Phi) is 6.08. The minimum atomic E-state index is -3.72. The molecule has 8 heteroatoms. The fraction of sp³-hybridized carbons (Fsp3) is 0.474. The van der Waals surface area contributed by atoms with E-state index in [0.29, 0.717) is 12.3 Å². The molecule has 2 aromatic rings. The smallest absolute Gasteiger partial charge is 0.244 e. The van der Waals surface area contributed by atoms with E-state index in [1.807, 2.05) is 29.9 Å². The van der Waals surface area contributed by atoms with Gasteiger partial charge in [-0.2, -0.15) is 0 Å². The van der Waals surface area contributed by atoms with Crippen molar-refractivity contribution in [1.29, 1.82) is 0 Å². The molecular formula is C19H27N3O4S. The normalized spacial score (nSPS) is 16.4. The maximum Gasteiger partial charge on any atom is 0.244 e. The number of likely N-dealkylation sites (tertiary alicyclic amines) is 1. The highest BCUT2D eigenvalue weighted by atomic mass is 32.2. The molecule has 27 heavy (non-hydrogen) atoms. The van der Waals surface area contributed by atoms with E-state index in [9.17, 15) is 8.42 Å². The highest BCUT2D eigenvalue weighted by Crippen LogP contribution is 2.29. The third-order valence-corrected chi connectivity index (χ3v) is 6.50. The van der Waals surface area contributed by atoms with E-state index in [2.05, 4.69) is 9.62 Å². The first-order chi connectivity index (χ1) is 13.0. The first kappa shape index (κ1) is 19.7. The fourth-order valence-electron chi connectivity index (χ4n) is 3.56. The topological polar surface area (TPSA) is 72.8 Å². The van der Waals surface area contributed by atoms with Crippen molar-refractivity contribution in [1.82, 2.24) is 14.2 Å². The van der Waals surface area contributed by atoms with Crippen LogP contribution in [0, 0.1) is 0 Å². The van der Waals surface area contributed by atoms with Gasteiger partial charge in [-0.25, -0.2) is 13.1 Å². The third-order valence-electron chi connectivity index (χ3n) is 5.03. The molecule has 0 saturated carbocycles. The zero-order valence-corrected chi connectivity index (χ0v) is 16.8. The first-order valence-electron chi connectivity index (χ1n) is 9.03. The average molecular weight is 394 g/mol. The quantitative estimate of drug-likeness (QED) is 0.744. The minimum absolute atomic E-state index is 0.00785. The van der Waals surface area contributed by atoms with Gasteiger partial charge in [0, 0.05) is 31.5 Å². The molecule has 1 saturated heterocycles. The van der Waals surface area contributed by atoms with E-state index in [1.165, 1.54) is 20.3 Å². The van der Waals surface area contributed by atoms with Gasteiger partial charge in [0.05, 0.1) is 20.3 Å². The maximum atomic E-state index is 12.9. The number of aromatic nitrogens is 1. The summed E-state index contributed by atoms with van der Waals surface area (Å²) in [7, 11) is 1.24. The Bertz CT molecular complexity index is 873. The highest BCUT2D eigenvalue weighted by molar-refractivity contribution is 7.89. The van der Waals surface area contributed by atoms with Crippen LogP contribution in [-0.2, 0) is 17.1 Å². The lowest BCUT2D eigenvalue weighted by atomic mass is 10.2. The van der Waals surface area contributed by atoms with Gasteiger partial charge in [0.1, 0.15) is 16.4 Å². The van der Waals surface area contributed by atoms with Crippen LogP contribution in [0.25, 0.3) is 0 Å². The standard InChI is InChI=1S/C19H27N3O4S/c1-21-10-6-7-16(21)17(22-11-4-5-12-22)14-20-27(23,24)19-9-8-15(25-2)13-18(19)26-3/h6-10,13,17,20H,4-5,11-12,14H2,1-3H3/t17-/m0/s1. The molecule has 2 heterocycles.